The molecule has 5 nitrogen and oxygen atoms in total. The highest BCUT2D eigenvalue weighted by Crippen LogP contribution is 2.43. The molecule has 0 radical (unpaired) electrons. The number of rotatable bonds is 11. The molecule has 0 aliphatic heterocycles. The van der Waals surface area contributed by atoms with Crippen molar-refractivity contribution in [3.63, 3.8) is 0 Å². The van der Waals surface area contributed by atoms with Crippen LogP contribution in [0.15, 0.2) is 71.3 Å². The van der Waals surface area contributed by atoms with E-state index in [1.165, 1.54) is 6.42 Å². The molecule has 1 N–H and O–H groups in total. The number of halogens is 1. The molecule has 0 bridgehead atoms. The normalized spacial score (nSPS) is 16.3. The molecule has 1 aliphatic rings. The lowest BCUT2D eigenvalue weighted by Gasteiger charge is -2.36. The van der Waals surface area contributed by atoms with Gasteiger partial charge in [0.2, 0.25) is 5.89 Å². The van der Waals surface area contributed by atoms with Crippen LogP contribution in [0.2, 0.25) is 0 Å². The fraction of sp³-hybridized carbons (Fsp3) is 0.483. The Bertz CT molecular complexity index is 1000. The van der Waals surface area contributed by atoms with E-state index in [0.29, 0.717) is 5.89 Å². The van der Waals surface area contributed by atoms with Gasteiger partial charge >= 0.3 is 0 Å². The minimum absolute atomic E-state index is 0. The molecule has 1 aliphatic carbocycles. The van der Waals surface area contributed by atoms with Gasteiger partial charge in [0.05, 0.1) is 33.4 Å². The number of quaternary nitrogens is 1. The summed E-state index contributed by atoms with van der Waals surface area (Å²) in [6.45, 7) is 2.48. The van der Waals surface area contributed by atoms with Crippen LogP contribution in [-0.2, 0) is 12.1 Å². The van der Waals surface area contributed by atoms with Gasteiger partial charge in [0.25, 0.3) is 0 Å². The van der Waals surface area contributed by atoms with Crippen LogP contribution in [0.4, 0.5) is 0 Å². The maximum atomic E-state index is 12.0. The van der Waals surface area contributed by atoms with E-state index in [-0.39, 0.29) is 22.9 Å². The molecule has 1 aromatic heterocycles. The smallest absolute Gasteiger partial charge is 0.231 e. The summed E-state index contributed by atoms with van der Waals surface area (Å²) in [7, 11) is 4.43. The van der Waals surface area contributed by atoms with E-state index in [1.54, 1.807) is 0 Å². The summed E-state index contributed by atoms with van der Waals surface area (Å²) < 4.78 is 12.9. The summed E-state index contributed by atoms with van der Waals surface area (Å²) in [4.78, 5) is 4.62. The van der Waals surface area contributed by atoms with Crippen molar-refractivity contribution < 1.29 is 35.7 Å². The van der Waals surface area contributed by atoms with Gasteiger partial charge in [-0.25, -0.2) is 4.98 Å². The van der Waals surface area contributed by atoms with Crippen molar-refractivity contribution in [1.82, 2.24) is 4.98 Å². The number of ether oxygens (including phenoxy) is 1. The molecule has 1 heterocycles. The van der Waals surface area contributed by atoms with E-state index in [2.05, 4.69) is 19.1 Å². The molecule has 0 amide bonds. The van der Waals surface area contributed by atoms with Gasteiger partial charge in [-0.2, -0.15) is 0 Å². The lowest BCUT2D eigenvalue weighted by atomic mass is 9.73. The molecule has 1 atom stereocenters. The molecule has 0 spiro atoms. The van der Waals surface area contributed by atoms with E-state index in [0.717, 1.165) is 79.8 Å². The standard InChI is InChI=1S/C29H39N2O3.BrH/c1-31(2,20-12-13-21-33-26-18-10-5-11-19-26)23-27-22-30-28(34-27)29(32,24-14-6-3-7-15-24)25-16-8-4-9-17-25;/h3,5-7,10-11,14-15,18-19,22,25,32H,4,8-9,12-13,16-17,20-21,23H2,1-2H3;1H/q+1;/p-1/t29-;/m0./s1. The third-order valence-electron chi connectivity index (χ3n) is 7.04. The molecule has 2 aromatic carbocycles. The summed E-state index contributed by atoms with van der Waals surface area (Å²) in [6, 6.07) is 19.9. The first kappa shape index (κ1) is 27.4. The Labute approximate surface area is 220 Å². The Morgan fingerprint density at radius 3 is 2.31 bits per heavy atom. The molecule has 190 valence electrons. The summed E-state index contributed by atoms with van der Waals surface area (Å²) in [6.07, 6.45) is 9.40. The van der Waals surface area contributed by atoms with Crippen molar-refractivity contribution in [3.8, 4) is 5.75 Å². The Morgan fingerprint density at radius 2 is 1.63 bits per heavy atom. The van der Waals surface area contributed by atoms with Crippen molar-refractivity contribution in [3.05, 3.63) is 84.1 Å². The predicted octanol–water partition coefficient (Wildman–Crippen LogP) is 2.93. The molecule has 1 fully saturated rings. The number of unbranched alkanes of at least 4 members (excludes halogenated alkanes) is 1. The summed E-state index contributed by atoms with van der Waals surface area (Å²) >= 11 is 0. The number of benzene rings is 2. The summed E-state index contributed by atoms with van der Waals surface area (Å²) in [5, 5.41) is 12.0. The lowest BCUT2D eigenvalue weighted by Crippen LogP contribution is -3.00. The zero-order chi connectivity index (χ0) is 23.9. The average molecular weight is 544 g/mol. The number of hydrogen-bond donors (Lipinski definition) is 1. The Hall–Kier alpha value is -2.15. The molecule has 3 aromatic rings. The minimum Gasteiger partial charge on any atom is -1.00 e. The number of hydrogen-bond acceptors (Lipinski definition) is 4. The maximum Gasteiger partial charge on any atom is 0.231 e. The van der Waals surface area contributed by atoms with Crippen molar-refractivity contribution in [1.29, 1.82) is 0 Å². The van der Waals surface area contributed by atoms with E-state index >= 15 is 0 Å². The molecule has 4 rings (SSSR count). The lowest BCUT2D eigenvalue weighted by molar-refractivity contribution is -0.904. The van der Waals surface area contributed by atoms with Gasteiger partial charge in [-0.3, -0.25) is 0 Å². The van der Waals surface area contributed by atoms with Gasteiger partial charge in [-0.15, -0.1) is 0 Å². The summed E-state index contributed by atoms with van der Waals surface area (Å²) in [5.74, 6) is 2.32. The Kier molecular flexibility index (Phi) is 9.96. The highest BCUT2D eigenvalue weighted by molar-refractivity contribution is 5.30. The number of para-hydroxylation sites is 1. The van der Waals surface area contributed by atoms with Gasteiger partial charge in [-0.05, 0) is 43.4 Å². The molecule has 0 unspecified atom stereocenters. The molecular formula is C29H39BrN2O3. The minimum atomic E-state index is -1.17. The maximum absolute atomic E-state index is 12.0. The quantitative estimate of drug-likeness (QED) is 0.299. The monoisotopic (exact) mass is 542 g/mol. The average Bonchev–Trinajstić information content (AvgIpc) is 3.33. The van der Waals surface area contributed by atoms with Crippen LogP contribution in [0.25, 0.3) is 0 Å². The third kappa shape index (κ3) is 7.18. The second-order valence-electron chi connectivity index (χ2n) is 10.3. The molecule has 35 heavy (non-hydrogen) atoms. The first-order valence-electron chi connectivity index (χ1n) is 12.7. The largest absolute Gasteiger partial charge is 1.00 e. The fourth-order valence-electron chi connectivity index (χ4n) is 5.15. The molecule has 6 heteroatoms. The predicted molar refractivity (Wildman–Crippen MR) is 134 cm³/mol. The van der Waals surface area contributed by atoms with Gasteiger partial charge in [-0.1, -0.05) is 67.8 Å². The first-order chi connectivity index (χ1) is 16.5. The number of oxazole rings is 1. The van der Waals surface area contributed by atoms with Crippen LogP contribution in [-0.4, -0.2) is 41.8 Å². The number of nitrogens with zero attached hydrogens (tertiary/aromatic N) is 2. The van der Waals surface area contributed by atoms with Gasteiger partial charge < -0.3 is 35.7 Å². The van der Waals surface area contributed by atoms with Crippen LogP contribution in [0.1, 0.15) is 62.2 Å². The molecular weight excluding hydrogens is 504 g/mol. The van der Waals surface area contributed by atoms with Crippen molar-refractivity contribution in [2.24, 2.45) is 5.92 Å². The van der Waals surface area contributed by atoms with Gasteiger partial charge in [0.1, 0.15) is 12.3 Å². The van der Waals surface area contributed by atoms with Crippen LogP contribution >= 0.6 is 0 Å². The highest BCUT2D eigenvalue weighted by Gasteiger charge is 2.44. The zero-order valence-corrected chi connectivity index (χ0v) is 22.6. The highest BCUT2D eigenvalue weighted by atomic mass is 79.9. The van der Waals surface area contributed by atoms with Gasteiger partial charge in [0, 0.05) is 5.92 Å². The van der Waals surface area contributed by atoms with E-state index < -0.39 is 5.60 Å². The Morgan fingerprint density at radius 1 is 0.971 bits per heavy atom. The van der Waals surface area contributed by atoms with Crippen LogP contribution < -0.4 is 21.7 Å². The van der Waals surface area contributed by atoms with Gasteiger partial charge in [0.15, 0.2) is 11.4 Å². The van der Waals surface area contributed by atoms with E-state index in [9.17, 15) is 5.11 Å². The van der Waals surface area contributed by atoms with Crippen LogP contribution in [0.3, 0.4) is 0 Å². The number of aliphatic hydroxyl groups is 1. The van der Waals surface area contributed by atoms with Crippen molar-refractivity contribution in [2.45, 2.75) is 57.1 Å². The van der Waals surface area contributed by atoms with Crippen LogP contribution in [0, 0.1) is 5.92 Å². The summed E-state index contributed by atoms with van der Waals surface area (Å²) in [5.41, 5.74) is -0.297. The van der Waals surface area contributed by atoms with Crippen molar-refractivity contribution in [2.75, 3.05) is 27.2 Å². The Balaban J connectivity index is 0.00000342. The first-order valence-corrected chi connectivity index (χ1v) is 12.7. The zero-order valence-electron chi connectivity index (χ0n) is 21.0. The second kappa shape index (κ2) is 12.7. The molecule has 1 saturated carbocycles. The third-order valence-corrected chi connectivity index (χ3v) is 7.04. The number of aromatic nitrogens is 1. The van der Waals surface area contributed by atoms with Crippen LogP contribution in [0.5, 0.6) is 5.75 Å². The van der Waals surface area contributed by atoms with E-state index in [1.807, 2.05) is 66.9 Å². The second-order valence-corrected chi connectivity index (χ2v) is 10.3. The molecule has 0 saturated heterocycles. The fourth-order valence-corrected chi connectivity index (χ4v) is 5.15. The topological polar surface area (TPSA) is 55.5 Å². The van der Waals surface area contributed by atoms with Crippen molar-refractivity contribution >= 4 is 0 Å². The van der Waals surface area contributed by atoms with E-state index in [4.69, 9.17) is 9.15 Å². The SMILES string of the molecule is C[N+](C)(CCCCOc1ccccc1)Cc1cnc([C@](O)(c2ccccc2)C2CCCCC2)o1.[Br-].